The number of rotatable bonds is 6. The molecule has 2 aromatic carbocycles. The van der Waals surface area contributed by atoms with Gasteiger partial charge in [0.1, 0.15) is 0 Å². The molecule has 1 N–H and O–H groups in total. The van der Waals surface area contributed by atoms with Crippen LogP contribution in [0, 0.1) is 6.92 Å². The first-order valence-corrected chi connectivity index (χ1v) is 9.08. The van der Waals surface area contributed by atoms with Crippen molar-refractivity contribution >= 4 is 11.8 Å². The monoisotopic (exact) mass is 338 g/mol. The Kier molecular flexibility index (Phi) is 5.38. The Hall–Kier alpha value is -2.04. The summed E-state index contributed by atoms with van der Waals surface area (Å²) in [6.07, 6.45) is 1.78. The zero-order valence-electron chi connectivity index (χ0n) is 14.0. The number of aliphatic hydroxyl groups is 1. The summed E-state index contributed by atoms with van der Waals surface area (Å²) in [5.74, 6) is 0.866. The van der Waals surface area contributed by atoms with Crippen LogP contribution in [0.25, 0.3) is 0 Å². The number of hydrogen-bond acceptors (Lipinski definition) is 3. The molecule has 1 atom stereocenters. The van der Waals surface area contributed by atoms with Gasteiger partial charge in [0.05, 0.1) is 24.5 Å². The molecule has 124 valence electrons. The fourth-order valence-electron chi connectivity index (χ4n) is 2.85. The average Bonchev–Trinajstić information content (AvgIpc) is 3.03. The molecule has 1 aromatic heterocycles. The third-order valence-electron chi connectivity index (χ3n) is 4.12. The number of aliphatic hydroxyl groups excluding tert-OH is 1. The highest BCUT2D eigenvalue weighted by Crippen LogP contribution is 2.29. The van der Waals surface area contributed by atoms with Crippen molar-refractivity contribution in [2.45, 2.75) is 37.4 Å². The molecule has 0 bridgehead atoms. The lowest BCUT2D eigenvalue weighted by Crippen LogP contribution is -2.11. The summed E-state index contributed by atoms with van der Waals surface area (Å²) in [6.45, 7) is 4.25. The predicted molar refractivity (Wildman–Crippen MR) is 99.1 cm³/mol. The first kappa shape index (κ1) is 16.8. The molecular formula is C20H22N2OS. The van der Waals surface area contributed by atoms with Gasteiger partial charge in [0.15, 0.2) is 5.16 Å². The Morgan fingerprint density at radius 3 is 2.62 bits per heavy atom. The number of nitrogens with zero attached hydrogens (tertiary/aromatic N) is 2. The van der Waals surface area contributed by atoms with Crippen LogP contribution >= 0.6 is 11.8 Å². The van der Waals surface area contributed by atoms with Crippen LogP contribution in [0.4, 0.5) is 0 Å². The van der Waals surface area contributed by atoms with E-state index >= 15 is 0 Å². The van der Waals surface area contributed by atoms with Gasteiger partial charge < -0.3 is 9.67 Å². The molecule has 0 fully saturated rings. The molecule has 0 amide bonds. The minimum absolute atomic E-state index is 0.00478. The summed E-state index contributed by atoms with van der Waals surface area (Å²) in [7, 11) is 0. The van der Waals surface area contributed by atoms with Crippen LogP contribution in [0.3, 0.4) is 0 Å². The zero-order chi connectivity index (χ0) is 16.9. The first-order chi connectivity index (χ1) is 11.7. The van der Waals surface area contributed by atoms with Crippen molar-refractivity contribution < 1.29 is 5.11 Å². The van der Waals surface area contributed by atoms with Gasteiger partial charge in [0.25, 0.3) is 0 Å². The van der Waals surface area contributed by atoms with E-state index in [-0.39, 0.29) is 12.6 Å². The fraction of sp³-hybridized carbons (Fsp3) is 0.250. The Morgan fingerprint density at radius 1 is 1.12 bits per heavy atom. The van der Waals surface area contributed by atoms with Crippen molar-refractivity contribution in [1.82, 2.24) is 9.55 Å². The highest BCUT2D eigenvalue weighted by Gasteiger charge is 2.17. The normalized spacial score (nSPS) is 12.3. The van der Waals surface area contributed by atoms with Gasteiger partial charge in [0, 0.05) is 5.75 Å². The van der Waals surface area contributed by atoms with Crippen LogP contribution in [0.5, 0.6) is 0 Å². The van der Waals surface area contributed by atoms with E-state index in [0.29, 0.717) is 0 Å². The summed E-state index contributed by atoms with van der Waals surface area (Å²) in [6, 6.07) is 19.0. The summed E-state index contributed by atoms with van der Waals surface area (Å²) < 4.78 is 2.13. The topological polar surface area (TPSA) is 38.1 Å². The van der Waals surface area contributed by atoms with Crippen molar-refractivity contribution in [3.63, 3.8) is 0 Å². The maximum absolute atomic E-state index is 9.68. The van der Waals surface area contributed by atoms with Gasteiger partial charge in [-0.1, -0.05) is 71.9 Å². The maximum atomic E-state index is 9.68. The van der Waals surface area contributed by atoms with E-state index in [1.54, 1.807) is 18.0 Å². The Balaban J connectivity index is 1.85. The number of hydrogen-bond donors (Lipinski definition) is 1. The molecule has 0 radical (unpaired) electrons. The van der Waals surface area contributed by atoms with E-state index < -0.39 is 0 Å². The third kappa shape index (κ3) is 3.71. The van der Waals surface area contributed by atoms with Crippen LogP contribution in [-0.2, 0) is 12.4 Å². The third-order valence-corrected chi connectivity index (χ3v) is 5.16. The van der Waals surface area contributed by atoms with Gasteiger partial charge in [-0.25, -0.2) is 4.98 Å². The molecule has 0 saturated carbocycles. The molecule has 24 heavy (non-hydrogen) atoms. The fourth-order valence-corrected chi connectivity index (χ4v) is 3.86. The summed E-state index contributed by atoms with van der Waals surface area (Å²) in [4.78, 5) is 4.54. The van der Waals surface area contributed by atoms with Crippen LogP contribution in [0.15, 0.2) is 66.0 Å². The van der Waals surface area contributed by atoms with Crippen molar-refractivity contribution in [3.05, 3.63) is 83.2 Å². The van der Waals surface area contributed by atoms with Crippen LogP contribution in [0.2, 0.25) is 0 Å². The summed E-state index contributed by atoms with van der Waals surface area (Å²) in [5.41, 5.74) is 4.61. The molecule has 4 heteroatoms. The van der Waals surface area contributed by atoms with Crippen LogP contribution < -0.4 is 0 Å². The lowest BCUT2D eigenvalue weighted by atomic mass is 10.1. The number of benzene rings is 2. The second kappa shape index (κ2) is 7.69. The maximum Gasteiger partial charge on any atom is 0.169 e. The predicted octanol–water partition coefficient (Wildman–Crippen LogP) is 4.59. The number of aromatic nitrogens is 2. The zero-order valence-corrected chi connectivity index (χ0v) is 14.8. The molecule has 0 aliphatic rings. The SMILES string of the molecule is Cc1cccc(CSc2ncc(CO)n2[C@H](C)c2ccccc2)c1. The van der Waals surface area contributed by atoms with Crippen LogP contribution in [-0.4, -0.2) is 14.7 Å². The molecule has 3 nitrogen and oxygen atoms in total. The van der Waals surface area contributed by atoms with E-state index in [2.05, 4.69) is 59.8 Å². The second-order valence-corrected chi connectivity index (χ2v) is 6.87. The van der Waals surface area contributed by atoms with Crippen molar-refractivity contribution in [1.29, 1.82) is 0 Å². The summed E-state index contributed by atoms with van der Waals surface area (Å²) in [5, 5.41) is 10.6. The van der Waals surface area contributed by atoms with Gasteiger partial charge in [0.2, 0.25) is 0 Å². The average molecular weight is 338 g/mol. The van der Waals surface area contributed by atoms with E-state index in [1.165, 1.54) is 16.7 Å². The Morgan fingerprint density at radius 2 is 1.92 bits per heavy atom. The number of thioether (sulfide) groups is 1. The molecule has 3 rings (SSSR count). The number of aryl methyl sites for hydroxylation is 1. The molecule has 0 aliphatic carbocycles. The lowest BCUT2D eigenvalue weighted by molar-refractivity contribution is 0.267. The van der Waals surface area contributed by atoms with Gasteiger partial charge in [-0.3, -0.25) is 0 Å². The van der Waals surface area contributed by atoms with Gasteiger partial charge >= 0.3 is 0 Å². The smallest absolute Gasteiger partial charge is 0.169 e. The number of imidazole rings is 1. The molecule has 3 aromatic rings. The van der Waals surface area contributed by atoms with Gasteiger partial charge in [-0.05, 0) is 25.0 Å². The minimum atomic E-state index is -0.00478. The first-order valence-electron chi connectivity index (χ1n) is 8.09. The van der Waals surface area contributed by atoms with E-state index in [1.807, 2.05) is 18.2 Å². The lowest BCUT2D eigenvalue weighted by Gasteiger charge is -2.19. The highest BCUT2D eigenvalue weighted by atomic mass is 32.2. The standard InChI is InChI=1S/C20H22N2OS/c1-15-7-6-8-17(11-15)14-24-20-21-12-19(13-23)22(20)16(2)18-9-4-3-5-10-18/h3-12,16,23H,13-14H2,1-2H3/t16-/m1/s1. The Labute approximate surface area is 147 Å². The van der Waals surface area contributed by atoms with Gasteiger partial charge in [-0.15, -0.1) is 0 Å². The largest absolute Gasteiger partial charge is 0.390 e. The minimum Gasteiger partial charge on any atom is -0.390 e. The summed E-state index contributed by atoms with van der Waals surface area (Å²) >= 11 is 1.71. The second-order valence-electron chi connectivity index (χ2n) is 5.92. The highest BCUT2D eigenvalue weighted by molar-refractivity contribution is 7.98. The quantitative estimate of drug-likeness (QED) is 0.668. The molecule has 1 heterocycles. The molecule has 0 unspecified atom stereocenters. The van der Waals surface area contributed by atoms with Gasteiger partial charge in [-0.2, -0.15) is 0 Å². The van der Waals surface area contributed by atoms with Crippen molar-refractivity contribution in [3.8, 4) is 0 Å². The Bertz CT molecular complexity index is 798. The molecule has 0 spiro atoms. The van der Waals surface area contributed by atoms with E-state index in [0.717, 1.165) is 16.6 Å². The van der Waals surface area contributed by atoms with Crippen molar-refractivity contribution in [2.24, 2.45) is 0 Å². The molecule has 0 saturated heterocycles. The van der Waals surface area contributed by atoms with E-state index in [9.17, 15) is 5.11 Å². The molecule has 0 aliphatic heterocycles. The van der Waals surface area contributed by atoms with E-state index in [4.69, 9.17) is 0 Å². The molecular weight excluding hydrogens is 316 g/mol. The van der Waals surface area contributed by atoms with Crippen molar-refractivity contribution in [2.75, 3.05) is 0 Å². The van der Waals surface area contributed by atoms with Crippen LogP contribution in [0.1, 0.15) is 35.3 Å².